The minimum absolute atomic E-state index is 0.113. The first-order valence-electron chi connectivity index (χ1n) is 13.2. The first kappa shape index (κ1) is 25.7. The van der Waals surface area contributed by atoms with Crippen LogP contribution in [-0.2, 0) is 9.63 Å². The molecule has 3 aliphatic rings. The van der Waals surface area contributed by atoms with Gasteiger partial charge in [-0.15, -0.1) is 0 Å². The molecule has 4 rings (SSSR count). The van der Waals surface area contributed by atoms with Crippen LogP contribution < -0.4 is 15.5 Å². The molecule has 4 unspecified atom stereocenters. The van der Waals surface area contributed by atoms with Crippen molar-refractivity contribution in [2.75, 3.05) is 13.7 Å². The highest BCUT2D eigenvalue weighted by Gasteiger charge is 2.48. The second-order valence-corrected chi connectivity index (χ2v) is 11.7. The van der Waals surface area contributed by atoms with E-state index in [-0.39, 0.29) is 17.9 Å². The standard InChI is InChI=1S/C27H42N4O4/c1-17(2)16-35-25-22(15-28-31(25)11-10-27(3,4)26(33)30-34-5)24(32)29-23-20-13-18-8-6-7-9-21(23)19(12-18)14-20/h10-11,15,17-21,23H,6-9,12-14,16H2,1-5H3,(H,29,32)(H,30,33)/b11-10+/t18?,19?,20?,21?,23-/m1/s1. The lowest BCUT2D eigenvalue weighted by Crippen LogP contribution is -2.41. The van der Waals surface area contributed by atoms with Crippen molar-refractivity contribution in [1.29, 1.82) is 0 Å². The van der Waals surface area contributed by atoms with Gasteiger partial charge in [0.1, 0.15) is 5.56 Å². The SMILES string of the molecule is CONC(=O)C(C)(C)/C=C/n1ncc(C(=O)N[C@@H]2C3CC4CCCCC2C(C4)C3)c1OCC(C)C. The molecule has 0 aromatic carbocycles. The summed E-state index contributed by atoms with van der Waals surface area (Å²) in [5.74, 6) is 3.07. The lowest BCUT2D eigenvalue weighted by Gasteiger charge is -2.30. The van der Waals surface area contributed by atoms with E-state index in [2.05, 4.69) is 29.7 Å². The van der Waals surface area contributed by atoms with E-state index in [0.29, 0.717) is 35.8 Å². The molecule has 194 valence electrons. The molecule has 5 atom stereocenters. The maximum atomic E-state index is 13.6. The maximum absolute atomic E-state index is 13.6. The second-order valence-electron chi connectivity index (χ2n) is 11.7. The molecular formula is C27H42N4O4. The van der Waals surface area contributed by atoms with Gasteiger partial charge >= 0.3 is 0 Å². The van der Waals surface area contributed by atoms with Gasteiger partial charge in [0.25, 0.3) is 11.8 Å². The zero-order valence-corrected chi connectivity index (χ0v) is 21.9. The zero-order valence-electron chi connectivity index (χ0n) is 21.9. The Balaban J connectivity index is 1.54. The number of aromatic nitrogens is 2. The van der Waals surface area contributed by atoms with Crippen LogP contribution >= 0.6 is 0 Å². The van der Waals surface area contributed by atoms with Crippen LogP contribution in [0.1, 0.15) is 83.0 Å². The monoisotopic (exact) mass is 486 g/mol. The first-order chi connectivity index (χ1) is 16.7. The van der Waals surface area contributed by atoms with E-state index in [1.54, 1.807) is 37.0 Å². The van der Waals surface area contributed by atoms with E-state index in [0.717, 1.165) is 11.8 Å². The van der Waals surface area contributed by atoms with Crippen LogP contribution in [0, 0.1) is 35.0 Å². The summed E-state index contributed by atoms with van der Waals surface area (Å²) in [7, 11) is 1.40. The highest BCUT2D eigenvalue weighted by molar-refractivity contribution is 5.96. The zero-order chi connectivity index (χ0) is 25.2. The number of ether oxygens (including phenoxy) is 1. The highest BCUT2D eigenvalue weighted by Crippen LogP contribution is 2.52. The average Bonchev–Trinajstić information content (AvgIpc) is 3.33. The van der Waals surface area contributed by atoms with Crippen LogP contribution in [0.25, 0.3) is 6.20 Å². The topological polar surface area (TPSA) is 94.5 Å². The van der Waals surface area contributed by atoms with Gasteiger partial charge in [0.05, 0.1) is 25.3 Å². The Bertz CT molecular complexity index is 938. The van der Waals surface area contributed by atoms with Gasteiger partial charge in [-0.2, -0.15) is 5.10 Å². The van der Waals surface area contributed by atoms with E-state index >= 15 is 0 Å². The van der Waals surface area contributed by atoms with Crippen molar-refractivity contribution in [2.45, 2.75) is 78.7 Å². The molecule has 1 aromatic heterocycles. The Morgan fingerprint density at radius 2 is 1.94 bits per heavy atom. The van der Waals surface area contributed by atoms with Crippen LogP contribution in [-0.4, -0.2) is 41.4 Å². The number of hydroxylamine groups is 1. The van der Waals surface area contributed by atoms with Gasteiger partial charge in [-0.05, 0) is 69.1 Å². The predicted molar refractivity (Wildman–Crippen MR) is 134 cm³/mol. The van der Waals surface area contributed by atoms with Gasteiger partial charge in [0, 0.05) is 12.2 Å². The molecule has 1 aromatic rings. The van der Waals surface area contributed by atoms with Crippen molar-refractivity contribution >= 4 is 18.0 Å². The fourth-order valence-corrected chi connectivity index (χ4v) is 6.30. The quantitative estimate of drug-likeness (QED) is 0.504. The Kier molecular flexibility index (Phi) is 7.89. The van der Waals surface area contributed by atoms with E-state index in [1.165, 1.54) is 52.1 Å². The summed E-state index contributed by atoms with van der Waals surface area (Å²) >= 11 is 0. The second kappa shape index (κ2) is 10.7. The van der Waals surface area contributed by atoms with Crippen molar-refractivity contribution in [2.24, 2.45) is 35.0 Å². The molecule has 8 nitrogen and oxygen atoms in total. The van der Waals surface area contributed by atoms with Crippen LogP contribution in [0.15, 0.2) is 12.3 Å². The molecule has 3 bridgehead atoms. The smallest absolute Gasteiger partial charge is 0.258 e. The normalized spacial score (nSPS) is 28.2. The Labute approximate surface area is 209 Å². The maximum Gasteiger partial charge on any atom is 0.258 e. The molecule has 0 radical (unpaired) electrons. The summed E-state index contributed by atoms with van der Waals surface area (Å²) in [4.78, 5) is 30.6. The molecule has 2 N–H and O–H groups in total. The molecule has 0 aliphatic heterocycles. The van der Waals surface area contributed by atoms with Crippen molar-refractivity contribution in [3.05, 3.63) is 17.8 Å². The number of amides is 2. The van der Waals surface area contributed by atoms with Crippen molar-refractivity contribution in [3.8, 4) is 5.88 Å². The van der Waals surface area contributed by atoms with Crippen LogP contribution in [0.5, 0.6) is 5.88 Å². The minimum atomic E-state index is -0.836. The van der Waals surface area contributed by atoms with Gasteiger partial charge in [-0.25, -0.2) is 10.2 Å². The molecule has 0 spiro atoms. The van der Waals surface area contributed by atoms with E-state index in [4.69, 9.17) is 9.57 Å². The molecule has 3 saturated carbocycles. The van der Waals surface area contributed by atoms with Crippen LogP contribution in [0.4, 0.5) is 0 Å². The van der Waals surface area contributed by atoms with Crippen LogP contribution in [0.2, 0.25) is 0 Å². The number of nitrogens with zero attached hydrogens (tertiary/aromatic N) is 2. The number of rotatable bonds is 9. The molecule has 1 heterocycles. The van der Waals surface area contributed by atoms with E-state index in [1.807, 2.05) is 0 Å². The number of carbonyl (C=O) groups is 2. The third kappa shape index (κ3) is 5.74. The molecule has 8 heteroatoms. The summed E-state index contributed by atoms with van der Waals surface area (Å²) in [5.41, 5.74) is 1.97. The van der Waals surface area contributed by atoms with Gasteiger partial charge in [-0.1, -0.05) is 39.2 Å². The summed E-state index contributed by atoms with van der Waals surface area (Å²) < 4.78 is 7.63. The third-order valence-corrected chi connectivity index (χ3v) is 8.11. The minimum Gasteiger partial charge on any atom is -0.477 e. The number of nitrogens with one attached hydrogen (secondary N) is 2. The van der Waals surface area contributed by atoms with Gasteiger partial charge in [0.2, 0.25) is 5.88 Å². The van der Waals surface area contributed by atoms with E-state index in [9.17, 15) is 9.59 Å². The Morgan fingerprint density at radius 1 is 1.20 bits per heavy atom. The van der Waals surface area contributed by atoms with E-state index < -0.39 is 5.41 Å². The largest absolute Gasteiger partial charge is 0.477 e. The summed E-state index contributed by atoms with van der Waals surface area (Å²) in [5, 5.41) is 7.84. The lowest BCUT2D eigenvalue weighted by atomic mass is 9.75. The third-order valence-electron chi connectivity index (χ3n) is 8.11. The number of hydrogen-bond acceptors (Lipinski definition) is 5. The fourth-order valence-electron chi connectivity index (χ4n) is 6.30. The summed E-state index contributed by atoms with van der Waals surface area (Å²) in [6.45, 7) is 8.15. The molecular weight excluding hydrogens is 444 g/mol. The lowest BCUT2D eigenvalue weighted by molar-refractivity contribution is -0.137. The predicted octanol–water partition coefficient (Wildman–Crippen LogP) is 4.43. The Morgan fingerprint density at radius 3 is 2.69 bits per heavy atom. The van der Waals surface area contributed by atoms with Crippen molar-refractivity contribution in [3.63, 3.8) is 0 Å². The van der Waals surface area contributed by atoms with Crippen LogP contribution in [0.3, 0.4) is 0 Å². The fraction of sp³-hybridized carbons (Fsp3) is 0.741. The van der Waals surface area contributed by atoms with Crippen molar-refractivity contribution in [1.82, 2.24) is 20.6 Å². The number of fused-ring (bicyclic) bond motifs is 2. The highest BCUT2D eigenvalue weighted by atomic mass is 16.6. The average molecular weight is 487 g/mol. The van der Waals surface area contributed by atoms with Gasteiger partial charge in [-0.3, -0.25) is 14.4 Å². The summed E-state index contributed by atoms with van der Waals surface area (Å²) in [6, 6.07) is 0.240. The van der Waals surface area contributed by atoms with Gasteiger partial charge in [0.15, 0.2) is 0 Å². The summed E-state index contributed by atoms with van der Waals surface area (Å²) in [6.07, 6.45) is 14.0. The number of hydrogen-bond donors (Lipinski definition) is 2. The Hall–Kier alpha value is -2.35. The number of carbonyl (C=O) groups excluding carboxylic acids is 2. The first-order valence-corrected chi connectivity index (χ1v) is 13.2. The van der Waals surface area contributed by atoms with Crippen molar-refractivity contribution < 1.29 is 19.2 Å². The van der Waals surface area contributed by atoms with Gasteiger partial charge < -0.3 is 10.1 Å². The molecule has 3 aliphatic carbocycles. The molecule has 3 fully saturated rings. The molecule has 2 amide bonds. The molecule has 35 heavy (non-hydrogen) atoms. The molecule has 0 saturated heterocycles.